The van der Waals surface area contributed by atoms with Crippen molar-refractivity contribution in [2.45, 2.75) is 20.0 Å². The molecule has 1 atom stereocenters. The van der Waals surface area contributed by atoms with Gasteiger partial charge in [-0.25, -0.2) is 0 Å². The van der Waals surface area contributed by atoms with Gasteiger partial charge in [0.05, 0.1) is 0 Å². The van der Waals surface area contributed by atoms with Crippen LogP contribution in [0.25, 0.3) is 0 Å². The molecule has 82 valence electrons. The Morgan fingerprint density at radius 2 is 1.73 bits per heavy atom. The zero-order chi connectivity index (χ0) is 11.6. The predicted octanol–water partition coefficient (Wildman–Crippen LogP) is 4.60. The van der Waals surface area contributed by atoms with E-state index in [2.05, 4.69) is 47.8 Å². The zero-order valence-corrected chi connectivity index (χ0v) is 12.9. The maximum Gasteiger partial charge on any atom is 0.303 e. The van der Waals surface area contributed by atoms with Crippen molar-refractivity contribution in [1.29, 1.82) is 0 Å². The first-order chi connectivity index (χ1) is 6.91. The minimum absolute atomic E-state index is 0.263. The van der Waals surface area contributed by atoms with Gasteiger partial charge >= 0.3 is 5.97 Å². The highest BCUT2D eigenvalue weighted by Gasteiger charge is 2.14. The van der Waals surface area contributed by atoms with Crippen molar-refractivity contribution >= 4 is 53.8 Å². The van der Waals surface area contributed by atoms with E-state index in [0.29, 0.717) is 0 Å². The van der Waals surface area contributed by atoms with Crippen molar-refractivity contribution in [3.63, 3.8) is 0 Å². The van der Waals surface area contributed by atoms with Crippen LogP contribution in [0.4, 0.5) is 0 Å². The van der Waals surface area contributed by atoms with E-state index in [9.17, 15) is 4.79 Å². The summed E-state index contributed by atoms with van der Waals surface area (Å²) in [5, 5.41) is 0. The highest BCUT2D eigenvalue weighted by molar-refractivity contribution is 9.13. The molecule has 5 heteroatoms. The maximum atomic E-state index is 10.8. The highest BCUT2D eigenvalue weighted by atomic mass is 79.9. The van der Waals surface area contributed by atoms with Crippen LogP contribution in [-0.2, 0) is 9.53 Å². The van der Waals surface area contributed by atoms with Crippen molar-refractivity contribution in [2.24, 2.45) is 0 Å². The molecule has 0 aliphatic carbocycles. The van der Waals surface area contributed by atoms with Gasteiger partial charge in [0.2, 0.25) is 0 Å². The average molecular weight is 401 g/mol. The molecule has 0 saturated carbocycles. The second-order valence-corrected chi connectivity index (χ2v) is 5.60. The van der Waals surface area contributed by atoms with Crippen molar-refractivity contribution < 1.29 is 9.53 Å². The van der Waals surface area contributed by atoms with Gasteiger partial charge < -0.3 is 4.74 Å². The lowest BCUT2D eigenvalue weighted by molar-refractivity contribution is -0.145. The Bertz CT molecular complexity index is 390. The first-order valence-electron chi connectivity index (χ1n) is 4.23. The Balaban J connectivity index is 3.03. The van der Waals surface area contributed by atoms with Gasteiger partial charge in [-0.2, -0.15) is 0 Å². The summed E-state index contributed by atoms with van der Waals surface area (Å²) in [4.78, 5) is 10.8. The van der Waals surface area contributed by atoms with E-state index < -0.39 is 0 Å². The van der Waals surface area contributed by atoms with Crippen LogP contribution < -0.4 is 0 Å². The van der Waals surface area contributed by atoms with Crippen LogP contribution in [0.3, 0.4) is 0 Å². The van der Waals surface area contributed by atoms with Crippen molar-refractivity contribution in [3.05, 3.63) is 31.1 Å². The number of esters is 1. The average Bonchev–Trinajstić information content (AvgIpc) is 2.09. The highest BCUT2D eigenvalue weighted by Crippen LogP contribution is 2.34. The topological polar surface area (TPSA) is 26.3 Å². The summed E-state index contributed by atoms with van der Waals surface area (Å²) < 4.78 is 7.90. The Morgan fingerprint density at radius 1 is 1.20 bits per heavy atom. The van der Waals surface area contributed by atoms with Crippen molar-refractivity contribution in [2.75, 3.05) is 0 Å². The van der Waals surface area contributed by atoms with E-state index in [0.717, 1.165) is 19.0 Å². The molecule has 0 aliphatic rings. The third-order valence-electron chi connectivity index (χ3n) is 1.82. The van der Waals surface area contributed by atoms with Crippen LogP contribution in [0.1, 0.15) is 25.5 Å². The summed E-state index contributed by atoms with van der Waals surface area (Å²) in [7, 11) is 0. The molecule has 0 radical (unpaired) electrons. The molecule has 0 amide bonds. The molecule has 0 spiro atoms. The van der Waals surface area contributed by atoms with E-state index in [1.54, 1.807) is 0 Å². The summed E-state index contributed by atoms with van der Waals surface area (Å²) in [6, 6.07) is 3.83. The summed E-state index contributed by atoms with van der Waals surface area (Å²) in [5.41, 5.74) is 0.931. The number of hydrogen-bond donors (Lipinski definition) is 0. The fraction of sp³-hybridized carbons (Fsp3) is 0.300. The molecule has 0 aromatic heterocycles. The number of carbonyl (C=O) groups excluding carboxylic acids is 1. The van der Waals surface area contributed by atoms with Crippen molar-refractivity contribution in [1.82, 2.24) is 0 Å². The van der Waals surface area contributed by atoms with E-state index >= 15 is 0 Å². The van der Waals surface area contributed by atoms with Crippen LogP contribution in [0.5, 0.6) is 0 Å². The van der Waals surface area contributed by atoms with E-state index in [4.69, 9.17) is 4.74 Å². The predicted molar refractivity (Wildman–Crippen MR) is 69.7 cm³/mol. The van der Waals surface area contributed by atoms with Crippen LogP contribution in [0.2, 0.25) is 0 Å². The SMILES string of the molecule is CC(=O)OC(C)c1cc(Br)c(Br)cc1Br. The number of rotatable bonds is 2. The van der Waals surface area contributed by atoms with Gasteiger partial charge in [0.1, 0.15) is 6.10 Å². The maximum absolute atomic E-state index is 10.8. The van der Waals surface area contributed by atoms with Crippen LogP contribution in [-0.4, -0.2) is 5.97 Å². The molecule has 1 unspecified atom stereocenters. The lowest BCUT2D eigenvalue weighted by atomic mass is 10.1. The molecule has 0 fully saturated rings. The number of halogens is 3. The van der Waals surface area contributed by atoms with Gasteiger partial charge in [-0.3, -0.25) is 4.79 Å². The summed E-state index contributed by atoms with van der Waals surface area (Å²) in [6.45, 7) is 3.24. The lowest BCUT2D eigenvalue weighted by Gasteiger charge is -2.14. The summed E-state index contributed by atoms with van der Waals surface area (Å²) >= 11 is 10.2. The first kappa shape index (κ1) is 13.2. The van der Waals surface area contributed by atoms with Gasteiger partial charge in [-0.05, 0) is 50.9 Å². The van der Waals surface area contributed by atoms with Crippen molar-refractivity contribution in [3.8, 4) is 0 Å². The fourth-order valence-electron chi connectivity index (χ4n) is 1.16. The first-order valence-corrected chi connectivity index (χ1v) is 6.61. The molecular formula is C10H9Br3O2. The largest absolute Gasteiger partial charge is 0.458 e. The monoisotopic (exact) mass is 398 g/mol. The fourth-order valence-corrected chi connectivity index (χ4v) is 2.84. The summed E-state index contributed by atoms with van der Waals surface area (Å²) in [5.74, 6) is -0.284. The molecule has 15 heavy (non-hydrogen) atoms. The molecule has 1 aromatic carbocycles. The molecule has 1 aromatic rings. The van der Waals surface area contributed by atoms with Gasteiger partial charge in [-0.1, -0.05) is 15.9 Å². The standard InChI is InChI=1S/C10H9Br3O2/c1-5(15-6(2)14)7-3-9(12)10(13)4-8(7)11/h3-5H,1-2H3. The van der Waals surface area contributed by atoms with Gasteiger partial charge in [-0.15, -0.1) is 0 Å². The number of hydrogen-bond acceptors (Lipinski definition) is 2. The minimum atomic E-state index is -0.284. The van der Waals surface area contributed by atoms with Crippen LogP contribution >= 0.6 is 47.8 Å². The number of carbonyl (C=O) groups is 1. The molecule has 1 rings (SSSR count). The zero-order valence-electron chi connectivity index (χ0n) is 8.18. The lowest BCUT2D eigenvalue weighted by Crippen LogP contribution is -2.05. The molecule has 0 N–H and O–H groups in total. The third-order valence-corrected chi connectivity index (χ3v) is 4.35. The Morgan fingerprint density at radius 3 is 2.27 bits per heavy atom. The van der Waals surface area contributed by atoms with Crippen LogP contribution in [0, 0.1) is 0 Å². The Kier molecular flexibility index (Phi) is 4.80. The van der Waals surface area contributed by atoms with E-state index in [1.165, 1.54) is 6.92 Å². The number of ether oxygens (including phenoxy) is 1. The van der Waals surface area contributed by atoms with Gasteiger partial charge in [0.15, 0.2) is 0 Å². The molecule has 0 bridgehead atoms. The molecule has 2 nitrogen and oxygen atoms in total. The van der Waals surface area contributed by atoms with E-state index in [-0.39, 0.29) is 12.1 Å². The quantitative estimate of drug-likeness (QED) is 0.535. The van der Waals surface area contributed by atoms with Gasteiger partial charge in [0, 0.05) is 25.9 Å². The normalized spacial score (nSPS) is 12.3. The number of benzene rings is 1. The van der Waals surface area contributed by atoms with Gasteiger partial charge in [0.25, 0.3) is 0 Å². The van der Waals surface area contributed by atoms with E-state index in [1.807, 2.05) is 19.1 Å². The molecule has 0 aliphatic heterocycles. The molecule has 0 heterocycles. The second-order valence-electron chi connectivity index (χ2n) is 3.04. The molecular weight excluding hydrogens is 392 g/mol. The molecule has 0 saturated heterocycles. The third kappa shape index (κ3) is 3.57. The summed E-state index contributed by atoms with van der Waals surface area (Å²) in [6.07, 6.45) is -0.263. The smallest absolute Gasteiger partial charge is 0.303 e. The Hall–Kier alpha value is 0.130. The second kappa shape index (κ2) is 5.46. The Labute approximate surface area is 114 Å². The van der Waals surface area contributed by atoms with Crippen LogP contribution in [0.15, 0.2) is 25.6 Å². The minimum Gasteiger partial charge on any atom is -0.458 e.